The number of nitrogens with zero attached hydrogens (tertiary/aromatic N) is 2. The van der Waals surface area contributed by atoms with Crippen molar-refractivity contribution in [3.8, 4) is 0 Å². The van der Waals surface area contributed by atoms with Crippen molar-refractivity contribution in [2.75, 3.05) is 0 Å². The molecule has 1 aliphatic heterocycles. The molecule has 0 atom stereocenters. The number of fused-ring (bicyclic) bond motifs is 1. The fourth-order valence-corrected chi connectivity index (χ4v) is 0.904. The van der Waals surface area contributed by atoms with E-state index in [9.17, 15) is 0 Å². The Labute approximate surface area is 58.9 Å². The summed E-state index contributed by atoms with van der Waals surface area (Å²) in [4.78, 5) is 8.24. The minimum Gasteiger partial charge on any atom is -0.250 e. The fraction of sp³-hybridized carbons (Fsp3) is 0. The molecule has 2 heterocycles. The third-order valence-corrected chi connectivity index (χ3v) is 1.37. The van der Waals surface area contributed by atoms with Gasteiger partial charge in [0.25, 0.3) is 0 Å². The minimum absolute atomic E-state index is 0.949. The zero-order chi connectivity index (χ0) is 6.81. The molecule has 47 valence electrons. The number of aromatic nitrogens is 1. The van der Waals surface area contributed by atoms with Crippen molar-refractivity contribution in [1.82, 2.24) is 9.98 Å². The quantitative estimate of drug-likeness (QED) is 0.517. The molecule has 0 aliphatic carbocycles. The van der Waals surface area contributed by atoms with Gasteiger partial charge >= 0.3 is 5.69 Å². The summed E-state index contributed by atoms with van der Waals surface area (Å²) in [6.45, 7) is 0. The van der Waals surface area contributed by atoms with Gasteiger partial charge in [0.15, 0.2) is 0 Å². The van der Waals surface area contributed by atoms with E-state index in [1.165, 1.54) is 0 Å². The van der Waals surface area contributed by atoms with Crippen molar-refractivity contribution < 1.29 is 0 Å². The summed E-state index contributed by atoms with van der Waals surface area (Å²) < 4.78 is 0. The molecular formula is C8H6N2+. The van der Waals surface area contributed by atoms with Crippen LogP contribution in [0.5, 0.6) is 0 Å². The van der Waals surface area contributed by atoms with E-state index in [-0.39, 0.29) is 0 Å². The average Bonchev–Trinajstić information content (AvgIpc) is 2.05. The Morgan fingerprint density at radius 1 is 1.40 bits per heavy atom. The molecule has 0 saturated heterocycles. The molecule has 2 heteroatoms. The summed E-state index contributed by atoms with van der Waals surface area (Å²) in [6.07, 6.45) is 7.37. The van der Waals surface area contributed by atoms with E-state index in [1.54, 1.807) is 12.4 Å². The van der Waals surface area contributed by atoms with Gasteiger partial charge in [-0.2, -0.15) is 0 Å². The highest BCUT2D eigenvalue weighted by Gasteiger charge is 2.10. The molecule has 1 aliphatic rings. The van der Waals surface area contributed by atoms with E-state index >= 15 is 0 Å². The molecule has 0 bridgehead atoms. The number of hydrogen-bond donors (Lipinski definition) is 0. The number of rotatable bonds is 0. The van der Waals surface area contributed by atoms with Gasteiger partial charge in [-0.15, -0.1) is 0 Å². The standard InChI is InChI=1S/C8H6N2/c1-3-7-8(9-5-1)4-2-6-10-7/h1-6H/q+1. The second-order valence-corrected chi connectivity index (χ2v) is 2.05. The number of allylic oxidation sites excluding steroid dienone is 1. The lowest BCUT2D eigenvalue weighted by Gasteiger charge is -1.89. The molecule has 0 N–H and O–H groups in total. The Bertz CT molecular complexity index is 269. The number of aliphatic imine (C=N–C) groups is 1. The van der Waals surface area contributed by atoms with Crippen LogP contribution >= 0.6 is 0 Å². The largest absolute Gasteiger partial charge is 0.302 e. The Morgan fingerprint density at radius 2 is 2.40 bits per heavy atom. The molecule has 1 aromatic rings. The highest BCUT2D eigenvalue weighted by molar-refractivity contribution is 5.84. The Hall–Kier alpha value is -1.44. The van der Waals surface area contributed by atoms with E-state index in [4.69, 9.17) is 0 Å². The fourth-order valence-electron chi connectivity index (χ4n) is 0.904. The van der Waals surface area contributed by atoms with Gasteiger partial charge in [0.05, 0.1) is 4.99 Å². The maximum atomic E-state index is 4.12. The Kier molecular flexibility index (Phi) is 1.10. The summed E-state index contributed by atoms with van der Waals surface area (Å²) in [5.74, 6) is 0. The minimum atomic E-state index is 0.949. The zero-order valence-electron chi connectivity index (χ0n) is 5.36. The van der Waals surface area contributed by atoms with Crippen LogP contribution < -0.4 is 4.99 Å². The molecule has 0 amide bonds. The summed E-state index contributed by atoms with van der Waals surface area (Å²) in [7, 11) is 0. The highest BCUT2D eigenvalue weighted by atomic mass is 14.8. The van der Waals surface area contributed by atoms with E-state index < -0.39 is 0 Å². The first-order chi connectivity index (χ1) is 4.97. The third-order valence-electron chi connectivity index (χ3n) is 1.37. The van der Waals surface area contributed by atoms with Crippen molar-refractivity contribution in [1.29, 1.82) is 0 Å². The normalized spacial score (nSPS) is 13.2. The van der Waals surface area contributed by atoms with Gasteiger partial charge in [-0.05, 0) is 12.1 Å². The molecule has 0 aromatic carbocycles. The lowest BCUT2D eigenvalue weighted by atomic mass is 10.2. The van der Waals surface area contributed by atoms with Gasteiger partial charge in [0, 0.05) is 18.3 Å². The SMILES string of the molecule is C1=Cc2ncccc2[N+]=C1. The zero-order valence-corrected chi connectivity index (χ0v) is 5.36. The lowest BCUT2D eigenvalue weighted by Crippen LogP contribution is -1.93. The molecule has 2 rings (SSSR count). The van der Waals surface area contributed by atoms with E-state index in [0.29, 0.717) is 0 Å². The predicted molar refractivity (Wildman–Crippen MR) is 41.1 cm³/mol. The second-order valence-electron chi connectivity index (χ2n) is 2.05. The van der Waals surface area contributed by atoms with E-state index in [2.05, 4.69) is 9.98 Å². The van der Waals surface area contributed by atoms with Crippen molar-refractivity contribution in [3.05, 3.63) is 30.1 Å². The second kappa shape index (κ2) is 2.06. The van der Waals surface area contributed by atoms with Crippen LogP contribution in [-0.2, 0) is 0 Å². The summed E-state index contributed by atoms with van der Waals surface area (Å²) in [5, 5.41) is 0. The van der Waals surface area contributed by atoms with Crippen molar-refractivity contribution in [2.24, 2.45) is 0 Å². The molecule has 0 fully saturated rings. The lowest BCUT2D eigenvalue weighted by molar-refractivity contribution is 1.23. The van der Waals surface area contributed by atoms with Gasteiger partial charge in [-0.25, -0.2) is 4.98 Å². The van der Waals surface area contributed by atoms with Crippen LogP contribution in [0.3, 0.4) is 0 Å². The Morgan fingerprint density at radius 3 is 3.30 bits per heavy atom. The van der Waals surface area contributed by atoms with Gasteiger partial charge in [0.1, 0.15) is 5.69 Å². The van der Waals surface area contributed by atoms with Gasteiger partial charge in [-0.1, -0.05) is 0 Å². The van der Waals surface area contributed by atoms with Crippen LogP contribution in [0, 0.1) is 0 Å². The summed E-state index contributed by atoms with van der Waals surface area (Å²) in [6, 6.07) is 3.83. The maximum absolute atomic E-state index is 4.12. The van der Waals surface area contributed by atoms with Crippen molar-refractivity contribution in [3.63, 3.8) is 0 Å². The van der Waals surface area contributed by atoms with Crippen molar-refractivity contribution in [2.45, 2.75) is 0 Å². The van der Waals surface area contributed by atoms with Crippen molar-refractivity contribution >= 4 is 18.0 Å². The van der Waals surface area contributed by atoms with Crippen LogP contribution in [0.2, 0.25) is 0 Å². The smallest absolute Gasteiger partial charge is 0.250 e. The predicted octanol–water partition coefficient (Wildman–Crippen LogP) is 1.15. The average molecular weight is 130 g/mol. The van der Waals surface area contributed by atoms with Crippen LogP contribution in [0.25, 0.3) is 6.08 Å². The van der Waals surface area contributed by atoms with Gasteiger partial charge in [-0.3, -0.25) is 0 Å². The molecular weight excluding hydrogens is 124 g/mol. The van der Waals surface area contributed by atoms with E-state index in [1.807, 2.05) is 24.3 Å². The van der Waals surface area contributed by atoms with Crippen LogP contribution in [0.1, 0.15) is 5.69 Å². The molecule has 10 heavy (non-hydrogen) atoms. The van der Waals surface area contributed by atoms with E-state index in [0.717, 1.165) is 11.4 Å². The molecule has 2 nitrogen and oxygen atoms in total. The number of hydrogen-bond acceptors (Lipinski definition) is 2. The first-order valence-corrected chi connectivity index (χ1v) is 3.12. The van der Waals surface area contributed by atoms with Crippen LogP contribution in [0.4, 0.5) is 5.69 Å². The molecule has 0 spiro atoms. The van der Waals surface area contributed by atoms with Gasteiger partial charge in [0.2, 0.25) is 6.21 Å². The Balaban J connectivity index is 2.65. The highest BCUT2D eigenvalue weighted by Crippen LogP contribution is 2.13. The van der Waals surface area contributed by atoms with Crippen LogP contribution in [0.15, 0.2) is 24.4 Å². The first-order valence-electron chi connectivity index (χ1n) is 3.12. The molecule has 0 saturated carbocycles. The molecule has 0 unspecified atom stereocenters. The third kappa shape index (κ3) is 0.739. The first kappa shape index (κ1) is 5.35. The topological polar surface area (TPSA) is 27.0 Å². The molecule has 1 radical (unpaired) electrons. The van der Waals surface area contributed by atoms with Crippen LogP contribution in [-0.4, -0.2) is 11.2 Å². The molecule has 1 aromatic heterocycles. The summed E-state index contributed by atoms with van der Waals surface area (Å²) >= 11 is 0. The monoisotopic (exact) mass is 130 g/mol. The summed E-state index contributed by atoms with van der Waals surface area (Å²) in [5.41, 5.74) is 1.90. The van der Waals surface area contributed by atoms with Gasteiger partial charge < -0.3 is 0 Å². The maximum Gasteiger partial charge on any atom is 0.302 e. The number of pyridine rings is 1.